The number of rotatable bonds is 2. The normalized spacial score (nSPS) is 19.1. The van der Waals surface area contributed by atoms with E-state index in [0.717, 1.165) is 6.54 Å². The summed E-state index contributed by atoms with van der Waals surface area (Å²) in [5.74, 6) is 0. The van der Waals surface area contributed by atoms with Gasteiger partial charge in [-0.05, 0) is 37.0 Å². The first-order valence-electron chi connectivity index (χ1n) is 5.15. The zero-order valence-electron chi connectivity index (χ0n) is 8.52. The monoisotopic (exact) mass is 253 g/mol. The predicted octanol–water partition coefficient (Wildman–Crippen LogP) is 3.14. The van der Waals surface area contributed by atoms with Crippen molar-refractivity contribution >= 4 is 15.9 Å². The van der Waals surface area contributed by atoms with Crippen LogP contribution in [0.1, 0.15) is 30.4 Å². The van der Waals surface area contributed by atoms with Gasteiger partial charge in [0.25, 0.3) is 0 Å². The third kappa shape index (κ3) is 1.41. The van der Waals surface area contributed by atoms with Gasteiger partial charge in [-0.3, -0.25) is 0 Å². The summed E-state index contributed by atoms with van der Waals surface area (Å²) in [4.78, 5) is 0. The molecule has 2 N–H and O–H groups in total. The van der Waals surface area contributed by atoms with Gasteiger partial charge in [-0.15, -0.1) is 0 Å². The molecule has 1 aliphatic rings. The Hall–Kier alpha value is -0.340. The van der Waals surface area contributed by atoms with Gasteiger partial charge < -0.3 is 5.73 Å². The van der Waals surface area contributed by atoms with Gasteiger partial charge in [-0.25, -0.2) is 0 Å². The molecule has 14 heavy (non-hydrogen) atoms. The number of halogens is 1. The first-order chi connectivity index (χ1) is 6.69. The van der Waals surface area contributed by atoms with Gasteiger partial charge in [0.1, 0.15) is 0 Å². The molecule has 0 heterocycles. The molecule has 0 atom stereocenters. The summed E-state index contributed by atoms with van der Waals surface area (Å²) in [6.45, 7) is 2.96. The van der Waals surface area contributed by atoms with Gasteiger partial charge in [0, 0.05) is 16.4 Å². The van der Waals surface area contributed by atoms with E-state index in [9.17, 15) is 0 Å². The fourth-order valence-electron chi connectivity index (χ4n) is 2.37. The molecule has 0 radical (unpaired) electrons. The molecule has 0 amide bonds. The van der Waals surface area contributed by atoms with Crippen LogP contribution in [0.5, 0.6) is 0 Å². The molecule has 0 unspecified atom stereocenters. The van der Waals surface area contributed by atoms with Crippen LogP contribution >= 0.6 is 15.9 Å². The molecule has 0 aromatic heterocycles. The van der Waals surface area contributed by atoms with Crippen LogP contribution in [-0.2, 0) is 5.41 Å². The van der Waals surface area contributed by atoms with E-state index in [2.05, 4.69) is 41.1 Å². The lowest BCUT2D eigenvalue weighted by molar-refractivity contribution is 0.252. The second kappa shape index (κ2) is 3.67. The smallest absolute Gasteiger partial charge is 0.0207 e. The Bertz CT molecular complexity index is 337. The summed E-state index contributed by atoms with van der Waals surface area (Å²) >= 11 is 3.58. The Balaban J connectivity index is 2.45. The van der Waals surface area contributed by atoms with E-state index in [1.807, 2.05) is 0 Å². The van der Waals surface area contributed by atoms with Gasteiger partial charge in [0.05, 0.1) is 0 Å². The standard InChI is InChI=1S/C12H16BrN/c1-9-10(4-2-5-11(9)13)12(8-14)6-3-7-12/h2,4-5H,3,6-8,14H2,1H3. The zero-order chi connectivity index (χ0) is 10.2. The van der Waals surface area contributed by atoms with Crippen LogP contribution in [0.25, 0.3) is 0 Å². The first kappa shape index (κ1) is 10.2. The van der Waals surface area contributed by atoms with Crippen LogP contribution < -0.4 is 5.73 Å². The molecule has 1 fully saturated rings. The molecule has 1 nitrogen and oxygen atoms in total. The van der Waals surface area contributed by atoms with Crippen LogP contribution in [0.3, 0.4) is 0 Å². The largest absolute Gasteiger partial charge is 0.330 e. The van der Waals surface area contributed by atoms with E-state index < -0.39 is 0 Å². The Morgan fingerprint density at radius 1 is 1.43 bits per heavy atom. The molecule has 0 bridgehead atoms. The average Bonchev–Trinajstić information content (AvgIpc) is 2.11. The second-order valence-corrected chi connectivity index (χ2v) is 5.10. The molecule has 0 spiro atoms. The van der Waals surface area contributed by atoms with Crippen molar-refractivity contribution < 1.29 is 0 Å². The Labute approximate surface area is 93.8 Å². The molecular weight excluding hydrogens is 238 g/mol. The third-order valence-electron chi connectivity index (χ3n) is 3.54. The number of nitrogens with two attached hydrogens (primary N) is 1. The molecule has 1 saturated carbocycles. The van der Waals surface area contributed by atoms with Crippen LogP contribution in [0.4, 0.5) is 0 Å². The van der Waals surface area contributed by atoms with Crippen LogP contribution in [0, 0.1) is 6.92 Å². The van der Waals surface area contributed by atoms with Crippen molar-refractivity contribution in [3.8, 4) is 0 Å². The maximum absolute atomic E-state index is 5.90. The van der Waals surface area contributed by atoms with Gasteiger partial charge >= 0.3 is 0 Å². The summed E-state index contributed by atoms with van der Waals surface area (Å²) in [6, 6.07) is 6.44. The van der Waals surface area contributed by atoms with Crippen LogP contribution in [0.2, 0.25) is 0 Å². The van der Waals surface area contributed by atoms with E-state index in [4.69, 9.17) is 5.73 Å². The van der Waals surface area contributed by atoms with Crippen LogP contribution in [0.15, 0.2) is 22.7 Å². The second-order valence-electron chi connectivity index (χ2n) is 4.25. The molecule has 0 aliphatic heterocycles. The lowest BCUT2D eigenvalue weighted by atomic mass is 9.63. The van der Waals surface area contributed by atoms with Crippen molar-refractivity contribution in [2.75, 3.05) is 6.54 Å². The average molecular weight is 254 g/mol. The summed E-state index contributed by atoms with van der Waals surface area (Å²) in [6.07, 6.45) is 3.82. The highest BCUT2D eigenvalue weighted by atomic mass is 79.9. The quantitative estimate of drug-likeness (QED) is 0.862. The lowest BCUT2D eigenvalue weighted by Crippen LogP contribution is -2.42. The van der Waals surface area contributed by atoms with Crippen molar-refractivity contribution in [1.29, 1.82) is 0 Å². The highest BCUT2D eigenvalue weighted by Crippen LogP contribution is 2.44. The van der Waals surface area contributed by atoms with E-state index in [-0.39, 0.29) is 5.41 Å². The molecular formula is C12H16BrN. The molecule has 0 saturated heterocycles. The van der Waals surface area contributed by atoms with Gasteiger partial charge in [-0.1, -0.05) is 34.5 Å². The van der Waals surface area contributed by atoms with E-state index >= 15 is 0 Å². The minimum absolute atomic E-state index is 0.286. The molecule has 1 aromatic carbocycles. The van der Waals surface area contributed by atoms with Crippen molar-refractivity contribution in [3.63, 3.8) is 0 Å². The topological polar surface area (TPSA) is 26.0 Å². The SMILES string of the molecule is Cc1c(Br)cccc1C1(CN)CCC1. The summed E-state index contributed by atoms with van der Waals surface area (Å²) in [5, 5.41) is 0. The van der Waals surface area contributed by atoms with Crippen LogP contribution in [-0.4, -0.2) is 6.54 Å². The first-order valence-corrected chi connectivity index (χ1v) is 5.94. The number of hydrogen-bond donors (Lipinski definition) is 1. The predicted molar refractivity (Wildman–Crippen MR) is 63.5 cm³/mol. The van der Waals surface area contributed by atoms with E-state index in [1.165, 1.54) is 34.9 Å². The zero-order valence-corrected chi connectivity index (χ0v) is 10.1. The summed E-state index contributed by atoms with van der Waals surface area (Å²) < 4.78 is 1.20. The van der Waals surface area contributed by atoms with Gasteiger partial charge in [0.15, 0.2) is 0 Å². The Morgan fingerprint density at radius 3 is 2.64 bits per heavy atom. The van der Waals surface area contributed by atoms with E-state index in [1.54, 1.807) is 0 Å². The fourth-order valence-corrected chi connectivity index (χ4v) is 2.74. The van der Waals surface area contributed by atoms with Gasteiger partial charge in [-0.2, -0.15) is 0 Å². The fraction of sp³-hybridized carbons (Fsp3) is 0.500. The molecule has 76 valence electrons. The molecule has 2 heteroatoms. The van der Waals surface area contributed by atoms with Gasteiger partial charge in [0.2, 0.25) is 0 Å². The van der Waals surface area contributed by atoms with Crippen molar-refractivity contribution in [2.24, 2.45) is 5.73 Å². The van der Waals surface area contributed by atoms with E-state index in [0.29, 0.717) is 0 Å². The molecule has 2 rings (SSSR count). The summed E-state index contributed by atoms with van der Waals surface area (Å²) in [7, 11) is 0. The third-order valence-corrected chi connectivity index (χ3v) is 4.40. The number of hydrogen-bond acceptors (Lipinski definition) is 1. The maximum atomic E-state index is 5.90. The summed E-state index contributed by atoms with van der Waals surface area (Å²) in [5.41, 5.74) is 8.99. The van der Waals surface area contributed by atoms with Crippen molar-refractivity contribution in [1.82, 2.24) is 0 Å². The highest BCUT2D eigenvalue weighted by molar-refractivity contribution is 9.10. The minimum atomic E-state index is 0.286. The minimum Gasteiger partial charge on any atom is -0.330 e. The molecule has 1 aromatic rings. The Kier molecular flexibility index (Phi) is 2.67. The number of benzene rings is 1. The van der Waals surface area contributed by atoms with Crippen molar-refractivity contribution in [2.45, 2.75) is 31.6 Å². The molecule has 1 aliphatic carbocycles. The maximum Gasteiger partial charge on any atom is 0.0207 e. The highest BCUT2D eigenvalue weighted by Gasteiger charge is 2.38. The van der Waals surface area contributed by atoms with Crippen molar-refractivity contribution in [3.05, 3.63) is 33.8 Å². The lowest BCUT2D eigenvalue weighted by Gasteiger charge is -2.42. The Morgan fingerprint density at radius 2 is 2.14 bits per heavy atom.